The van der Waals surface area contributed by atoms with E-state index < -0.39 is 0 Å². The highest BCUT2D eigenvalue weighted by Gasteiger charge is 2.26. The zero-order chi connectivity index (χ0) is 12.4. The van der Waals surface area contributed by atoms with Gasteiger partial charge in [0, 0.05) is 19.1 Å². The predicted octanol–water partition coefficient (Wildman–Crippen LogP) is 2.27. The van der Waals surface area contributed by atoms with E-state index in [4.69, 9.17) is 0 Å². The van der Waals surface area contributed by atoms with Crippen LogP contribution >= 0.6 is 11.3 Å². The lowest BCUT2D eigenvalue weighted by Gasteiger charge is -2.26. The van der Waals surface area contributed by atoms with Crippen LogP contribution in [0.5, 0.6) is 0 Å². The summed E-state index contributed by atoms with van der Waals surface area (Å²) >= 11 is 1.74. The molecule has 18 heavy (non-hydrogen) atoms. The van der Waals surface area contributed by atoms with Gasteiger partial charge >= 0.3 is 0 Å². The molecule has 0 saturated carbocycles. The van der Waals surface area contributed by atoms with Crippen molar-refractivity contribution in [2.45, 2.75) is 25.8 Å². The highest BCUT2D eigenvalue weighted by molar-refractivity contribution is 7.17. The zero-order valence-corrected chi connectivity index (χ0v) is 11.4. The van der Waals surface area contributed by atoms with Gasteiger partial charge in [-0.25, -0.2) is 9.97 Å². The van der Waals surface area contributed by atoms with Crippen LogP contribution in [0.2, 0.25) is 0 Å². The van der Waals surface area contributed by atoms with Crippen molar-refractivity contribution >= 4 is 27.4 Å². The summed E-state index contributed by atoms with van der Waals surface area (Å²) in [6, 6.07) is 2.64. The number of aromatic nitrogens is 2. The van der Waals surface area contributed by atoms with E-state index in [1.165, 1.54) is 17.5 Å². The Kier molecular flexibility index (Phi) is 3.43. The van der Waals surface area contributed by atoms with E-state index in [0.717, 1.165) is 31.0 Å². The summed E-state index contributed by atoms with van der Waals surface area (Å²) in [5.41, 5.74) is 1.07. The van der Waals surface area contributed by atoms with Crippen LogP contribution in [0.25, 0.3) is 10.2 Å². The summed E-state index contributed by atoms with van der Waals surface area (Å²) < 4.78 is 1.22. The van der Waals surface area contributed by atoms with Crippen LogP contribution in [0.3, 0.4) is 0 Å². The first-order chi connectivity index (χ1) is 8.90. The molecule has 0 bridgehead atoms. The third-order valence-corrected chi connectivity index (χ3v) is 4.40. The molecule has 0 spiro atoms. The molecule has 3 heterocycles. The lowest BCUT2D eigenvalue weighted by Crippen LogP contribution is -2.38. The number of nitrogens with zero attached hydrogens (tertiary/aromatic N) is 3. The molecule has 1 saturated heterocycles. The molecule has 1 aliphatic rings. The van der Waals surface area contributed by atoms with Crippen molar-refractivity contribution in [2.24, 2.45) is 0 Å². The van der Waals surface area contributed by atoms with E-state index in [1.807, 2.05) is 0 Å². The Labute approximate surface area is 111 Å². The van der Waals surface area contributed by atoms with E-state index in [-0.39, 0.29) is 0 Å². The second kappa shape index (κ2) is 5.20. The number of nitrogens with one attached hydrogen (secondary N) is 1. The molecule has 0 radical (unpaired) electrons. The minimum Gasteiger partial charge on any atom is -0.351 e. The number of hydrogen-bond donors (Lipinski definition) is 1. The van der Waals surface area contributed by atoms with E-state index in [9.17, 15) is 0 Å². The van der Waals surface area contributed by atoms with Gasteiger partial charge in [-0.1, -0.05) is 6.92 Å². The molecule has 1 unspecified atom stereocenters. The van der Waals surface area contributed by atoms with Crippen LogP contribution < -0.4 is 10.2 Å². The van der Waals surface area contributed by atoms with Gasteiger partial charge in [0.2, 0.25) is 0 Å². The van der Waals surface area contributed by atoms with Crippen molar-refractivity contribution in [3.05, 3.63) is 17.8 Å². The molecule has 0 amide bonds. The first-order valence-electron chi connectivity index (χ1n) is 6.55. The summed E-state index contributed by atoms with van der Waals surface area (Å²) in [7, 11) is 0. The SMILES string of the molecule is CCNCC1CCCN1c1ncnc2ccsc12. The van der Waals surface area contributed by atoms with Crippen LogP contribution in [0, 0.1) is 0 Å². The highest BCUT2D eigenvalue weighted by atomic mass is 32.1. The van der Waals surface area contributed by atoms with Crippen molar-refractivity contribution in [3.8, 4) is 0 Å². The summed E-state index contributed by atoms with van der Waals surface area (Å²) in [4.78, 5) is 11.3. The fraction of sp³-hybridized carbons (Fsp3) is 0.538. The Bertz CT molecular complexity index is 524. The predicted molar refractivity (Wildman–Crippen MR) is 76.3 cm³/mol. The quantitative estimate of drug-likeness (QED) is 0.917. The van der Waals surface area contributed by atoms with Crippen LogP contribution in [0.1, 0.15) is 19.8 Å². The Hall–Kier alpha value is -1.20. The maximum atomic E-state index is 4.52. The maximum Gasteiger partial charge on any atom is 0.150 e. The van der Waals surface area contributed by atoms with Gasteiger partial charge < -0.3 is 10.2 Å². The molecule has 1 fully saturated rings. The lowest BCUT2D eigenvalue weighted by atomic mass is 10.2. The largest absolute Gasteiger partial charge is 0.351 e. The molecule has 1 N–H and O–H groups in total. The molecule has 3 rings (SSSR count). The molecule has 2 aromatic rings. The Balaban J connectivity index is 1.90. The summed E-state index contributed by atoms with van der Waals surface area (Å²) in [5.74, 6) is 1.12. The third-order valence-electron chi connectivity index (χ3n) is 3.50. The highest BCUT2D eigenvalue weighted by Crippen LogP contribution is 2.32. The average Bonchev–Trinajstić information content (AvgIpc) is 3.04. The molecule has 2 aromatic heterocycles. The van der Waals surface area contributed by atoms with Gasteiger partial charge in [0.15, 0.2) is 0 Å². The molecule has 5 heteroatoms. The summed E-state index contributed by atoms with van der Waals surface area (Å²) in [6.45, 7) is 5.34. The van der Waals surface area contributed by atoms with Crippen molar-refractivity contribution < 1.29 is 0 Å². The molecule has 0 aromatic carbocycles. The molecule has 1 aliphatic heterocycles. The van der Waals surface area contributed by atoms with Gasteiger partial charge in [0.05, 0.1) is 10.2 Å². The Morgan fingerprint density at radius 2 is 2.44 bits per heavy atom. The van der Waals surface area contributed by atoms with Crippen molar-refractivity contribution in [3.63, 3.8) is 0 Å². The first kappa shape index (κ1) is 11.9. The average molecular weight is 262 g/mol. The second-order valence-corrected chi connectivity index (χ2v) is 5.55. The maximum absolute atomic E-state index is 4.52. The third kappa shape index (κ3) is 2.08. The topological polar surface area (TPSA) is 41.0 Å². The number of anilines is 1. The van der Waals surface area contributed by atoms with Gasteiger partial charge in [0.1, 0.15) is 12.1 Å². The number of fused-ring (bicyclic) bond motifs is 1. The number of likely N-dealkylation sites (N-methyl/N-ethyl adjacent to an activating group) is 1. The number of thiophene rings is 1. The zero-order valence-electron chi connectivity index (χ0n) is 10.6. The van der Waals surface area contributed by atoms with E-state index in [1.54, 1.807) is 17.7 Å². The molecule has 4 nitrogen and oxygen atoms in total. The number of hydrogen-bond acceptors (Lipinski definition) is 5. The molecule has 0 aliphatic carbocycles. The minimum atomic E-state index is 0.574. The molecular formula is C13H18N4S. The summed E-state index contributed by atoms with van der Waals surface area (Å²) in [5, 5.41) is 5.55. The minimum absolute atomic E-state index is 0.574. The normalized spacial score (nSPS) is 19.8. The van der Waals surface area contributed by atoms with Crippen molar-refractivity contribution in [1.82, 2.24) is 15.3 Å². The first-order valence-corrected chi connectivity index (χ1v) is 7.43. The summed E-state index contributed by atoms with van der Waals surface area (Å²) in [6.07, 6.45) is 4.20. The smallest absolute Gasteiger partial charge is 0.150 e. The van der Waals surface area contributed by atoms with Gasteiger partial charge in [-0.2, -0.15) is 0 Å². The number of rotatable bonds is 4. The van der Waals surface area contributed by atoms with Gasteiger partial charge in [-0.15, -0.1) is 11.3 Å². The van der Waals surface area contributed by atoms with Crippen molar-refractivity contribution in [1.29, 1.82) is 0 Å². The second-order valence-electron chi connectivity index (χ2n) is 4.63. The Morgan fingerprint density at radius 1 is 1.50 bits per heavy atom. The van der Waals surface area contributed by atoms with Crippen molar-refractivity contribution in [2.75, 3.05) is 24.5 Å². The Morgan fingerprint density at radius 3 is 3.33 bits per heavy atom. The van der Waals surface area contributed by atoms with Crippen LogP contribution in [-0.4, -0.2) is 35.6 Å². The van der Waals surface area contributed by atoms with Gasteiger partial charge in [0.25, 0.3) is 0 Å². The lowest BCUT2D eigenvalue weighted by molar-refractivity contribution is 0.585. The fourth-order valence-corrected chi connectivity index (χ4v) is 3.47. The molecule has 1 atom stereocenters. The van der Waals surface area contributed by atoms with Gasteiger partial charge in [-0.05, 0) is 30.8 Å². The van der Waals surface area contributed by atoms with Crippen LogP contribution in [-0.2, 0) is 0 Å². The fourth-order valence-electron chi connectivity index (χ4n) is 2.62. The van der Waals surface area contributed by atoms with Crippen LogP contribution in [0.4, 0.5) is 5.82 Å². The van der Waals surface area contributed by atoms with Gasteiger partial charge in [-0.3, -0.25) is 0 Å². The molecule has 96 valence electrons. The van der Waals surface area contributed by atoms with E-state index in [0.29, 0.717) is 6.04 Å². The van der Waals surface area contributed by atoms with Crippen LogP contribution in [0.15, 0.2) is 17.8 Å². The van der Waals surface area contributed by atoms with E-state index >= 15 is 0 Å². The monoisotopic (exact) mass is 262 g/mol. The van der Waals surface area contributed by atoms with E-state index in [2.05, 4.69) is 38.6 Å². The molecular weight excluding hydrogens is 244 g/mol. The standard InChI is InChI=1S/C13H18N4S/c1-2-14-8-10-4-3-6-17(10)13-12-11(5-7-18-12)15-9-16-13/h5,7,9-10,14H,2-4,6,8H2,1H3.